The molecule has 0 spiro atoms. The Hall–Kier alpha value is -0.960. The molecule has 0 aromatic rings. The predicted octanol–water partition coefficient (Wildman–Crippen LogP) is 3.75. The van der Waals surface area contributed by atoms with Crippen molar-refractivity contribution in [2.75, 3.05) is 0 Å². The van der Waals surface area contributed by atoms with Crippen molar-refractivity contribution >= 4 is 12.0 Å². The monoisotopic (exact) mass is 315 g/mol. The summed E-state index contributed by atoms with van der Waals surface area (Å²) >= 11 is 0. The third-order valence-corrected chi connectivity index (χ3v) is 8.01. The highest BCUT2D eigenvalue weighted by Crippen LogP contribution is 2.64. The van der Waals surface area contributed by atoms with Crippen LogP contribution in [0.1, 0.15) is 58.8 Å². The highest BCUT2D eigenvalue weighted by molar-refractivity contribution is 5.97. The molecule has 0 aromatic heterocycles. The second-order valence-electron chi connectivity index (χ2n) is 9.19. The molecule has 23 heavy (non-hydrogen) atoms. The van der Waals surface area contributed by atoms with Crippen LogP contribution in [-0.4, -0.2) is 23.2 Å². The SMILES string of the molecule is C[C@]12CC[C@@H]3[C@@H](CC=C4CC(=N)C(C=O)C[C@@]43C)[C@@H]1CC(O)C2. The van der Waals surface area contributed by atoms with Crippen LogP contribution in [0.5, 0.6) is 0 Å². The van der Waals surface area contributed by atoms with Gasteiger partial charge in [-0.2, -0.15) is 0 Å². The number of carbonyl (C=O) groups is 1. The molecule has 3 fully saturated rings. The molecule has 2 unspecified atom stereocenters. The molecule has 4 rings (SSSR count). The zero-order chi connectivity index (χ0) is 16.4. The molecule has 7 atom stereocenters. The topological polar surface area (TPSA) is 61.2 Å². The normalized spacial score (nSPS) is 52.2. The number of aliphatic hydroxyl groups excluding tert-OH is 1. The Kier molecular flexibility index (Phi) is 3.39. The second kappa shape index (κ2) is 5.02. The largest absolute Gasteiger partial charge is 0.393 e. The summed E-state index contributed by atoms with van der Waals surface area (Å²) in [4.78, 5) is 11.4. The minimum atomic E-state index is -0.182. The van der Waals surface area contributed by atoms with Gasteiger partial charge in [-0.05, 0) is 67.1 Å². The van der Waals surface area contributed by atoms with Crippen LogP contribution in [0.15, 0.2) is 11.6 Å². The Morgan fingerprint density at radius 3 is 2.83 bits per heavy atom. The van der Waals surface area contributed by atoms with E-state index in [0.29, 0.717) is 35.3 Å². The zero-order valence-corrected chi connectivity index (χ0v) is 14.3. The molecule has 2 N–H and O–H groups in total. The van der Waals surface area contributed by atoms with Crippen LogP contribution in [0, 0.1) is 39.9 Å². The third-order valence-electron chi connectivity index (χ3n) is 8.01. The van der Waals surface area contributed by atoms with Gasteiger partial charge in [0, 0.05) is 12.1 Å². The molecule has 4 aliphatic rings. The number of rotatable bonds is 1. The number of nitrogens with one attached hydrogen (secondary N) is 1. The number of hydrogen-bond donors (Lipinski definition) is 2. The highest BCUT2D eigenvalue weighted by Gasteiger charge is 2.57. The fourth-order valence-corrected chi connectivity index (χ4v) is 6.78. The van der Waals surface area contributed by atoms with Crippen molar-refractivity contribution in [2.24, 2.45) is 34.5 Å². The maximum Gasteiger partial charge on any atom is 0.128 e. The summed E-state index contributed by atoms with van der Waals surface area (Å²) < 4.78 is 0. The summed E-state index contributed by atoms with van der Waals surface area (Å²) in [5.74, 6) is 1.72. The fourth-order valence-electron chi connectivity index (χ4n) is 6.78. The lowest BCUT2D eigenvalue weighted by molar-refractivity contribution is -0.111. The lowest BCUT2D eigenvalue weighted by Crippen LogP contribution is -2.50. The Balaban J connectivity index is 1.69. The maximum atomic E-state index is 11.4. The smallest absolute Gasteiger partial charge is 0.128 e. The summed E-state index contributed by atoms with van der Waals surface area (Å²) in [5.41, 5.74) is 2.44. The van der Waals surface area contributed by atoms with Crippen LogP contribution < -0.4 is 0 Å². The van der Waals surface area contributed by atoms with Crippen LogP contribution in [-0.2, 0) is 4.79 Å². The number of allylic oxidation sites excluding steroid dienone is 2. The fraction of sp³-hybridized carbons (Fsp3) is 0.800. The average Bonchev–Trinajstić information content (AvgIpc) is 2.81. The van der Waals surface area contributed by atoms with Gasteiger partial charge in [0.05, 0.1) is 12.0 Å². The van der Waals surface area contributed by atoms with Gasteiger partial charge in [-0.25, -0.2) is 0 Å². The Morgan fingerprint density at radius 1 is 1.30 bits per heavy atom. The minimum absolute atomic E-state index is 0.0912. The van der Waals surface area contributed by atoms with Crippen LogP contribution in [0.2, 0.25) is 0 Å². The Morgan fingerprint density at radius 2 is 2.09 bits per heavy atom. The van der Waals surface area contributed by atoms with Gasteiger partial charge in [0.15, 0.2) is 0 Å². The summed E-state index contributed by atoms with van der Waals surface area (Å²) in [6.45, 7) is 4.74. The predicted molar refractivity (Wildman–Crippen MR) is 90.4 cm³/mol. The first-order valence-corrected chi connectivity index (χ1v) is 9.27. The van der Waals surface area contributed by atoms with Crippen LogP contribution in [0.3, 0.4) is 0 Å². The molecule has 0 amide bonds. The van der Waals surface area contributed by atoms with Crippen molar-refractivity contribution in [3.8, 4) is 0 Å². The molecule has 0 bridgehead atoms. The summed E-state index contributed by atoms with van der Waals surface area (Å²) in [7, 11) is 0. The summed E-state index contributed by atoms with van der Waals surface area (Å²) in [5, 5.41) is 18.4. The molecular formula is C20H29NO2. The molecule has 3 nitrogen and oxygen atoms in total. The van der Waals surface area contributed by atoms with Gasteiger partial charge in [-0.3, -0.25) is 0 Å². The van der Waals surface area contributed by atoms with E-state index in [-0.39, 0.29) is 17.4 Å². The van der Waals surface area contributed by atoms with Crippen molar-refractivity contribution < 1.29 is 9.90 Å². The Labute approximate surface area is 139 Å². The lowest BCUT2D eigenvalue weighted by Gasteiger charge is -2.57. The first kappa shape index (κ1) is 15.6. The number of carbonyl (C=O) groups excluding carboxylic acids is 1. The number of hydrogen-bond acceptors (Lipinski definition) is 3. The van der Waals surface area contributed by atoms with E-state index in [1.54, 1.807) is 0 Å². The number of aliphatic hydroxyl groups is 1. The van der Waals surface area contributed by atoms with E-state index in [2.05, 4.69) is 19.9 Å². The van der Waals surface area contributed by atoms with E-state index in [0.717, 1.165) is 32.0 Å². The van der Waals surface area contributed by atoms with Gasteiger partial charge in [0.1, 0.15) is 6.29 Å². The van der Waals surface area contributed by atoms with Crippen LogP contribution in [0.4, 0.5) is 0 Å². The average molecular weight is 315 g/mol. The minimum Gasteiger partial charge on any atom is -0.393 e. The molecule has 3 heteroatoms. The molecule has 4 aliphatic carbocycles. The number of aldehydes is 1. The van der Waals surface area contributed by atoms with Gasteiger partial charge >= 0.3 is 0 Å². The van der Waals surface area contributed by atoms with Crippen LogP contribution in [0.25, 0.3) is 0 Å². The van der Waals surface area contributed by atoms with E-state index in [9.17, 15) is 9.90 Å². The van der Waals surface area contributed by atoms with Gasteiger partial charge in [-0.1, -0.05) is 25.5 Å². The Bertz CT molecular complexity index is 582. The zero-order valence-electron chi connectivity index (χ0n) is 14.3. The van der Waals surface area contributed by atoms with Crippen LogP contribution >= 0.6 is 0 Å². The second-order valence-corrected chi connectivity index (χ2v) is 9.19. The number of fused-ring (bicyclic) bond motifs is 5. The van der Waals surface area contributed by atoms with E-state index < -0.39 is 0 Å². The van der Waals surface area contributed by atoms with E-state index in [1.165, 1.54) is 18.4 Å². The van der Waals surface area contributed by atoms with Gasteiger partial charge in [-0.15, -0.1) is 0 Å². The quantitative estimate of drug-likeness (QED) is 0.572. The lowest BCUT2D eigenvalue weighted by atomic mass is 9.47. The molecular weight excluding hydrogens is 286 g/mol. The van der Waals surface area contributed by atoms with Crippen molar-refractivity contribution in [3.63, 3.8) is 0 Å². The molecule has 3 saturated carbocycles. The summed E-state index contributed by atoms with van der Waals surface area (Å²) in [6, 6.07) is 0. The van der Waals surface area contributed by atoms with Gasteiger partial charge < -0.3 is 15.3 Å². The molecule has 0 radical (unpaired) electrons. The standard InChI is InChI=1S/C20H29NO2/c1-19-6-5-16-15(17(19)8-14(23)10-19)4-3-13-7-18(21)12(11-22)9-20(13,16)2/h3,11-12,14-17,21,23H,4-10H2,1-2H3/t12?,14?,15-,16-,17+,19-,20+/m1/s1. The van der Waals surface area contributed by atoms with E-state index in [1.807, 2.05) is 0 Å². The molecule has 126 valence electrons. The van der Waals surface area contributed by atoms with Gasteiger partial charge in [0.2, 0.25) is 0 Å². The van der Waals surface area contributed by atoms with Gasteiger partial charge in [0.25, 0.3) is 0 Å². The molecule has 0 heterocycles. The summed E-state index contributed by atoms with van der Waals surface area (Å²) in [6.07, 6.45) is 10.3. The first-order valence-electron chi connectivity index (χ1n) is 9.27. The molecule has 0 saturated heterocycles. The van der Waals surface area contributed by atoms with Crippen molar-refractivity contribution in [3.05, 3.63) is 11.6 Å². The highest BCUT2D eigenvalue weighted by atomic mass is 16.3. The van der Waals surface area contributed by atoms with Crippen molar-refractivity contribution in [1.29, 1.82) is 5.41 Å². The van der Waals surface area contributed by atoms with Crippen molar-refractivity contribution in [2.45, 2.75) is 64.9 Å². The first-order chi connectivity index (χ1) is 10.9. The molecule has 0 aromatic carbocycles. The van der Waals surface area contributed by atoms with Crippen molar-refractivity contribution in [1.82, 2.24) is 0 Å². The van der Waals surface area contributed by atoms with E-state index >= 15 is 0 Å². The third kappa shape index (κ3) is 2.12. The molecule has 0 aliphatic heterocycles. The maximum absolute atomic E-state index is 11.4. The van der Waals surface area contributed by atoms with E-state index in [4.69, 9.17) is 5.41 Å².